The quantitative estimate of drug-likeness (QED) is 0.536. The summed E-state index contributed by atoms with van der Waals surface area (Å²) in [5.74, 6) is -1.08. The summed E-state index contributed by atoms with van der Waals surface area (Å²) in [5.41, 5.74) is 1.09. The van der Waals surface area contributed by atoms with E-state index in [9.17, 15) is 23.6 Å². The molecule has 3 amide bonds. The number of nitrogens with zero attached hydrogens (tertiary/aromatic N) is 5. The Morgan fingerprint density at radius 2 is 1.84 bits per heavy atom. The largest absolute Gasteiger partial charge is 0.456 e. The normalized spacial score (nSPS) is 17.4. The Labute approximate surface area is 212 Å². The van der Waals surface area contributed by atoms with E-state index in [4.69, 9.17) is 9.47 Å². The predicted molar refractivity (Wildman–Crippen MR) is 129 cm³/mol. The number of carbonyl (C=O) groups is 4. The van der Waals surface area contributed by atoms with E-state index in [1.807, 2.05) is 4.90 Å². The second-order valence-corrected chi connectivity index (χ2v) is 8.64. The van der Waals surface area contributed by atoms with Gasteiger partial charge in [-0.25, -0.2) is 19.2 Å². The number of rotatable bonds is 7. The van der Waals surface area contributed by atoms with Gasteiger partial charge in [-0.15, -0.1) is 0 Å². The van der Waals surface area contributed by atoms with Crippen LogP contribution in [0.25, 0.3) is 11.1 Å². The Hall–Kier alpha value is -4.29. The van der Waals surface area contributed by atoms with E-state index < -0.39 is 24.0 Å². The van der Waals surface area contributed by atoms with Crippen molar-refractivity contribution in [3.05, 3.63) is 36.4 Å². The van der Waals surface area contributed by atoms with Crippen LogP contribution in [0, 0.1) is 5.82 Å². The minimum atomic E-state index is -0.608. The average Bonchev–Trinajstić information content (AvgIpc) is 3.26. The lowest BCUT2D eigenvalue weighted by atomic mass is 10.1. The number of anilines is 2. The molecule has 12 nitrogen and oxygen atoms in total. The third-order valence-electron chi connectivity index (χ3n) is 5.98. The van der Waals surface area contributed by atoms with Crippen molar-refractivity contribution in [3.8, 4) is 11.1 Å². The van der Waals surface area contributed by atoms with Crippen LogP contribution in [0.2, 0.25) is 0 Å². The lowest BCUT2D eigenvalue weighted by Gasteiger charge is -2.34. The Morgan fingerprint density at radius 1 is 1.14 bits per heavy atom. The molecule has 0 aliphatic carbocycles. The number of ether oxygens (including phenoxy) is 2. The highest BCUT2D eigenvalue weighted by Gasteiger charge is 2.33. The predicted octanol–water partition coefficient (Wildman–Crippen LogP) is 0.956. The van der Waals surface area contributed by atoms with Crippen LogP contribution in [0.5, 0.6) is 0 Å². The first-order valence-corrected chi connectivity index (χ1v) is 11.7. The molecule has 1 N–H and O–H groups in total. The summed E-state index contributed by atoms with van der Waals surface area (Å²) in [5, 5.41) is 2.60. The number of nitrogens with one attached hydrogen (secondary N) is 1. The van der Waals surface area contributed by atoms with Gasteiger partial charge in [-0.3, -0.25) is 19.3 Å². The summed E-state index contributed by atoms with van der Waals surface area (Å²) in [6.07, 6.45) is 1.91. The third kappa shape index (κ3) is 6.29. The Kier molecular flexibility index (Phi) is 7.80. The number of halogens is 1. The first-order valence-electron chi connectivity index (χ1n) is 11.7. The number of esters is 1. The Morgan fingerprint density at radius 3 is 2.46 bits per heavy atom. The number of carbonyl (C=O) groups excluding carboxylic acids is 4. The lowest BCUT2D eigenvalue weighted by Crippen LogP contribution is -2.50. The van der Waals surface area contributed by atoms with Crippen molar-refractivity contribution in [3.63, 3.8) is 0 Å². The maximum atomic E-state index is 15.0. The van der Waals surface area contributed by atoms with E-state index in [2.05, 4.69) is 15.3 Å². The van der Waals surface area contributed by atoms with Gasteiger partial charge in [-0.1, -0.05) is 0 Å². The molecule has 0 unspecified atom stereocenters. The summed E-state index contributed by atoms with van der Waals surface area (Å²) < 4.78 is 25.0. The third-order valence-corrected chi connectivity index (χ3v) is 5.98. The minimum Gasteiger partial charge on any atom is -0.456 e. The molecule has 0 radical (unpaired) electrons. The number of hydrogen-bond donors (Lipinski definition) is 1. The van der Waals surface area contributed by atoms with E-state index in [1.165, 1.54) is 37.2 Å². The minimum absolute atomic E-state index is 0.182. The summed E-state index contributed by atoms with van der Waals surface area (Å²) in [6.45, 7) is 4.60. The van der Waals surface area contributed by atoms with E-state index >= 15 is 0 Å². The molecule has 1 aromatic heterocycles. The molecule has 196 valence electrons. The monoisotopic (exact) mass is 514 g/mol. The maximum absolute atomic E-state index is 15.0. The Bertz CT molecular complexity index is 1180. The molecular formula is C24H27FN6O6. The molecule has 0 bridgehead atoms. The van der Waals surface area contributed by atoms with Gasteiger partial charge in [0.1, 0.15) is 11.9 Å². The van der Waals surface area contributed by atoms with E-state index in [0.29, 0.717) is 43.4 Å². The van der Waals surface area contributed by atoms with Gasteiger partial charge in [0.25, 0.3) is 5.91 Å². The highest BCUT2D eigenvalue weighted by molar-refractivity contribution is 5.90. The fraction of sp³-hybridized carbons (Fsp3) is 0.417. The van der Waals surface area contributed by atoms with Crippen molar-refractivity contribution < 1.29 is 33.0 Å². The second-order valence-electron chi connectivity index (χ2n) is 8.64. The number of hydrogen-bond acceptors (Lipinski definition) is 9. The summed E-state index contributed by atoms with van der Waals surface area (Å²) in [7, 11) is 0. The van der Waals surface area contributed by atoms with Crippen molar-refractivity contribution in [2.45, 2.75) is 20.0 Å². The summed E-state index contributed by atoms with van der Waals surface area (Å²) >= 11 is 0. The van der Waals surface area contributed by atoms with Gasteiger partial charge in [0.2, 0.25) is 11.9 Å². The second kappa shape index (κ2) is 11.2. The number of amides is 3. The zero-order valence-electron chi connectivity index (χ0n) is 20.5. The molecule has 4 rings (SSSR count). The molecule has 2 fully saturated rings. The van der Waals surface area contributed by atoms with E-state index in [-0.39, 0.29) is 37.1 Å². The standard InChI is InChI=1S/C24H27FN6O6/c1-15(32)26-12-19-13-31(24(35)37-19)18-3-4-20(21(25)9-18)17-10-27-23(28-11-17)30-7-5-29(6-8-30)22(34)14-36-16(2)33/h3-4,9-11,19H,5-8,12-14H2,1-2H3,(H,26,32)/t19-/m0/s1. The molecule has 0 saturated carbocycles. The fourth-order valence-corrected chi connectivity index (χ4v) is 4.04. The lowest BCUT2D eigenvalue weighted by molar-refractivity contribution is -0.150. The number of aromatic nitrogens is 2. The molecule has 2 aromatic rings. The van der Waals surface area contributed by atoms with Crippen LogP contribution in [-0.4, -0.2) is 90.7 Å². The van der Waals surface area contributed by atoms with Gasteiger partial charge in [-0.05, 0) is 18.2 Å². The van der Waals surface area contributed by atoms with Crippen LogP contribution in [-0.2, 0) is 23.9 Å². The molecule has 2 aliphatic rings. The van der Waals surface area contributed by atoms with Gasteiger partial charge in [0, 0.05) is 63.5 Å². The van der Waals surface area contributed by atoms with Crippen molar-refractivity contribution in [2.24, 2.45) is 0 Å². The van der Waals surface area contributed by atoms with Crippen LogP contribution >= 0.6 is 0 Å². The van der Waals surface area contributed by atoms with Crippen molar-refractivity contribution in [1.82, 2.24) is 20.2 Å². The average molecular weight is 515 g/mol. The highest BCUT2D eigenvalue weighted by Crippen LogP contribution is 2.29. The smallest absolute Gasteiger partial charge is 0.414 e. The SMILES string of the molecule is CC(=O)NC[C@H]1CN(c2ccc(-c3cnc(N4CCN(C(=O)COC(C)=O)CC4)nc3)c(F)c2)C(=O)O1. The van der Waals surface area contributed by atoms with Crippen LogP contribution in [0.1, 0.15) is 13.8 Å². The maximum Gasteiger partial charge on any atom is 0.414 e. The molecule has 3 heterocycles. The zero-order valence-corrected chi connectivity index (χ0v) is 20.5. The van der Waals surface area contributed by atoms with Crippen molar-refractivity contribution in [1.29, 1.82) is 0 Å². The number of piperazine rings is 1. The summed E-state index contributed by atoms with van der Waals surface area (Å²) in [4.78, 5) is 59.8. The number of cyclic esters (lactones) is 1. The fourth-order valence-electron chi connectivity index (χ4n) is 4.04. The Balaban J connectivity index is 1.36. The van der Waals surface area contributed by atoms with Crippen LogP contribution in [0.15, 0.2) is 30.6 Å². The molecule has 1 atom stereocenters. The highest BCUT2D eigenvalue weighted by atomic mass is 19.1. The van der Waals surface area contributed by atoms with Crippen molar-refractivity contribution in [2.75, 3.05) is 55.7 Å². The zero-order chi connectivity index (χ0) is 26.5. The van der Waals surface area contributed by atoms with Crippen molar-refractivity contribution >= 4 is 35.5 Å². The number of benzene rings is 1. The topological polar surface area (TPSA) is 134 Å². The molecule has 2 aliphatic heterocycles. The first kappa shape index (κ1) is 25.8. The van der Waals surface area contributed by atoms with Crippen LogP contribution in [0.3, 0.4) is 0 Å². The van der Waals surface area contributed by atoms with Gasteiger partial charge in [0.15, 0.2) is 6.61 Å². The molecular weight excluding hydrogens is 487 g/mol. The molecule has 2 saturated heterocycles. The van der Waals surface area contributed by atoms with Gasteiger partial charge in [0.05, 0.1) is 18.8 Å². The molecule has 0 spiro atoms. The summed E-state index contributed by atoms with van der Waals surface area (Å²) in [6, 6.07) is 4.41. The van der Waals surface area contributed by atoms with Gasteiger partial charge < -0.3 is 24.6 Å². The van der Waals surface area contributed by atoms with E-state index in [0.717, 1.165) is 0 Å². The molecule has 13 heteroatoms. The van der Waals surface area contributed by atoms with Gasteiger partial charge in [-0.2, -0.15) is 0 Å². The molecule has 1 aromatic carbocycles. The van der Waals surface area contributed by atoms with Crippen LogP contribution < -0.4 is 15.1 Å². The van der Waals surface area contributed by atoms with Gasteiger partial charge >= 0.3 is 12.1 Å². The van der Waals surface area contributed by atoms with E-state index in [1.54, 1.807) is 17.0 Å². The van der Waals surface area contributed by atoms with Crippen LogP contribution in [0.4, 0.5) is 20.8 Å². The molecule has 37 heavy (non-hydrogen) atoms. The first-order chi connectivity index (χ1) is 17.7.